The number of benzene rings is 1. The first-order chi connectivity index (χ1) is 5.69. The van der Waals surface area contributed by atoms with Crippen LogP contribution in [-0.2, 0) is 0 Å². The number of hydrogen-bond donors (Lipinski definition) is 0. The topological polar surface area (TPSA) is 18.5 Å². The molecule has 0 aliphatic heterocycles. The van der Waals surface area contributed by atoms with Crippen molar-refractivity contribution in [3.8, 4) is 11.5 Å². The Morgan fingerprint density at radius 2 is 1.75 bits per heavy atom. The van der Waals surface area contributed by atoms with E-state index < -0.39 is 5.82 Å². The van der Waals surface area contributed by atoms with E-state index in [-0.39, 0.29) is 5.75 Å². The highest BCUT2D eigenvalue weighted by molar-refractivity contribution is 9.10. The van der Waals surface area contributed by atoms with E-state index in [9.17, 15) is 4.39 Å². The minimum absolute atomic E-state index is 0.176. The molecule has 66 valence electrons. The second kappa shape index (κ2) is 3.76. The van der Waals surface area contributed by atoms with Gasteiger partial charge in [-0.15, -0.1) is 0 Å². The van der Waals surface area contributed by atoms with E-state index in [0.717, 1.165) is 0 Å². The standard InChI is InChI=1S/C8H8BrFO2/c1-11-7-4-8(12-2)6(10)3-5(7)9/h3-4H,1-2H3/i10-1. The Hall–Kier alpha value is -0.770. The maximum absolute atomic E-state index is 13.0. The zero-order valence-electron chi connectivity index (χ0n) is 6.73. The van der Waals surface area contributed by atoms with Crippen molar-refractivity contribution >= 4 is 15.9 Å². The van der Waals surface area contributed by atoms with Crippen molar-refractivity contribution in [1.29, 1.82) is 0 Å². The second-order valence-corrected chi connectivity index (χ2v) is 2.98. The van der Waals surface area contributed by atoms with E-state index in [2.05, 4.69) is 15.9 Å². The Labute approximate surface area is 78.4 Å². The molecule has 0 unspecified atom stereocenters. The molecule has 2 nitrogen and oxygen atoms in total. The van der Waals surface area contributed by atoms with Crippen LogP contribution in [0.2, 0.25) is 0 Å². The molecule has 1 rings (SSSR count). The molecule has 0 amide bonds. The highest BCUT2D eigenvalue weighted by Gasteiger charge is 2.07. The van der Waals surface area contributed by atoms with Gasteiger partial charge in [0.2, 0.25) is 0 Å². The number of halogens is 2. The van der Waals surface area contributed by atoms with Crippen LogP contribution in [0.4, 0.5) is 4.39 Å². The molecular weight excluding hydrogens is 226 g/mol. The van der Waals surface area contributed by atoms with Crippen molar-refractivity contribution in [2.45, 2.75) is 0 Å². The molecule has 0 radical (unpaired) electrons. The third kappa shape index (κ3) is 1.69. The van der Waals surface area contributed by atoms with Crippen LogP contribution in [0.3, 0.4) is 0 Å². The van der Waals surface area contributed by atoms with E-state index >= 15 is 0 Å². The molecular formula is C8H8BrFO2. The lowest BCUT2D eigenvalue weighted by atomic mass is 10.3. The maximum Gasteiger partial charge on any atom is 0.166 e. The van der Waals surface area contributed by atoms with Crippen molar-refractivity contribution in [1.82, 2.24) is 0 Å². The van der Waals surface area contributed by atoms with Gasteiger partial charge in [-0.1, -0.05) is 0 Å². The van der Waals surface area contributed by atoms with Crippen LogP contribution in [-0.4, -0.2) is 14.2 Å². The summed E-state index contributed by atoms with van der Waals surface area (Å²) in [4.78, 5) is 0. The zero-order valence-corrected chi connectivity index (χ0v) is 8.31. The molecule has 0 bridgehead atoms. The summed E-state index contributed by atoms with van der Waals surface area (Å²) < 4.78 is 23.2. The van der Waals surface area contributed by atoms with Gasteiger partial charge in [-0.3, -0.25) is 0 Å². The summed E-state index contributed by atoms with van der Waals surface area (Å²) in [7, 11) is 2.92. The minimum Gasteiger partial charge on any atom is -0.495 e. The lowest BCUT2D eigenvalue weighted by molar-refractivity contribution is 0.372. The van der Waals surface area contributed by atoms with E-state index in [1.807, 2.05) is 0 Å². The highest BCUT2D eigenvalue weighted by atomic mass is 79.9. The first-order valence-corrected chi connectivity index (χ1v) is 4.05. The molecule has 0 spiro atoms. The molecule has 1 aromatic carbocycles. The van der Waals surface area contributed by atoms with Crippen molar-refractivity contribution in [3.63, 3.8) is 0 Å². The fraction of sp³-hybridized carbons (Fsp3) is 0.250. The molecule has 0 atom stereocenters. The Bertz CT molecular complexity index is 263. The number of ether oxygens (including phenoxy) is 2. The number of rotatable bonds is 2. The van der Waals surface area contributed by atoms with Crippen LogP contribution in [0, 0.1) is 5.82 Å². The van der Waals surface area contributed by atoms with Gasteiger partial charge < -0.3 is 9.47 Å². The van der Waals surface area contributed by atoms with E-state index in [4.69, 9.17) is 9.47 Å². The Balaban J connectivity index is 3.18. The molecule has 12 heavy (non-hydrogen) atoms. The fourth-order valence-electron chi connectivity index (χ4n) is 0.823. The number of methoxy groups -OCH3 is 2. The maximum atomic E-state index is 13.0. The first-order valence-electron chi connectivity index (χ1n) is 3.26. The Kier molecular flexibility index (Phi) is 2.92. The minimum atomic E-state index is -0.412. The van der Waals surface area contributed by atoms with Crippen molar-refractivity contribution in [2.24, 2.45) is 0 Å². The molecule has 4 heteroatoms. The largest absolute Gasteiger partial charge is 0.495 e. The summed E-state index contributed by atoms with van der Waals surface area (Å²) in [5.41, 5.74) is 0. The van der Waals surface area contributed by atoms with Crippen LogP contribution in [0.25, 0.3) is 0 Å². The lowest BCUT2D eigenvalue weighted by Crippen LogP contribution is -1.91. The summed E-state index contributed by atoms with van der Waals surface area (Å²) in [6.07, 6.45) is 0. The van der Waals surface area contributed by atoms with Gasteiger partial charge in [0.1, 0.15) is 5.75 Å². The molecule has 0 N–H and O–H groups in total. The predicted molar refractivity (Wildman–Crippen MR) is 47.2 cm³/mol. The lowest BCUT2D eigenvalue weighted by Gasteiger charge is -2.06. The van der Waals surface area contributed by atoms with Crippen LogP contribution >= 0.6 is 15.9 Å². The summed E-state index contributed by atoms with van der Waals surface area (Å²) >= 11 is 3.15. The second-order valence-electron chi connectivity index (χ2n) is 2.12. The van der Waals surface area contributed by atoms with Gasteiger partial charge in [0.25, 0.3) is 0 Å². The third-order valence-electron chi connectivity index (χ3n) is 1.43. The Morgan fingerprint density at radius 3 is 2.25 bits per heavy atom. The quantitative estimate of drug-likeness (QED) is 0.782. The van der Waals surface area contributed by atoms with Gasteiger partial charge in [0.05, 0.1) is 18.7 Å². The summed E-state index contributed by atoms with van der Waals surface area (Å²) in [5, 5.41) is 0. The first kappa shape index (κ1) is 9.32. The fourth-order valence-corrected chi connectivity index (χ4v) is 1.30. The van der Waals surface area contributed by atoms with Crippen LogP contribution in [0.5, 0.6) is 11.5 Å². The van der Waals surface area contributed by atoms with Crippen molar-refractivity contribution in [2.75, 3.05) is 14.2 Å². The molecule has 1 aromatic rings. The van der Waals surface area contributed by atoms with Gasteiger partial charge in [-0.2, -0.15) is 0 Å². The predicted octanol–water partition coefficient (Wildman–Crippen LogP) is 2.61. The van der Waals surface area contributed by atoms with Crippen molar-refractivity contribution in [3.05, 3.63) is 22.4 Å². The smallest absolute Gasteiger partial charge is 0.166 e. The van der Waals surface area contributed by atoms with Gasteiger partial charge in [-0.05, 0) is 22.0 Å². The summed E-state index contributed by atoms with van der Waals surface area (Å²) in [5.74, 6) is 0.313. The average molecular weight is 234 g/mol. The van der Waals surface area contributed by atoms with Crippen molar-refractivity contribution < 1.29 is 13.9 Å². The summed E-state index contributed by atoms with van der Waals surface area (Å²) in [6.45, 7) is 0. The van der Waals surface area contributed by atoms with Crippen LogP contribution in [0.15, 0.2) is 16.6 Å². The van der Waals surface area contributed by atoms with E-state index in [1.54, 1.807) is 0 Å². The Morgan fingerprint density at radius 1 is 1.17 bits per heavy atom. The SMILES string of the molecule is COc1cc(OC)c(Br)cc1[18F]. The van der Waals surface area contributed by atoms with E-state index in [0.29, 0.717) is 10.2 Å². The molecule has 0 aliphatic carbocycles. The molecule has 0 fully saturated rings. The summed E-state index contributed by atoms with van der Waals surface area (Å²) in [6, 6.07) is 2.79. The van der Waals surface area contributed by atoms with Gasteiger partial charge in [0, 0.05) is 6.07 Å². The molecule has 0 aromatic heterocycles. The molecule has 0 heterocycles. The van der Waals surface area contributed by atoms with Gasteiger partial charge in [0.15, 0.2) is 11.6 Å². The third-order valence-corrected chi connectivity index (χ3v) is 2.05. The highest BCUT2D eigenvalue weighted by Crippen LogP contribution is 2.31. The van der Waals surface area contributed by atoms with Crippen LogP contribution < -0.4 is 9.47 Å². The van der Waals surface area contributed by atoms with Gasteiger partial charge in [-0.25, -0.2) is 4.39 Å². The average Bonchev–Trinajstić information content (AvgIpc) is 2.05. The van der Waals surface area contributed by atoms with Crippen LogP contribution in [0.1, 0.15) is 0 Å². The zero-order chi connectivity index (χ0) is 9.14. The molecule has 0 aliphatic rings. The van der Waals surface area contributed by atoms with E-state index in [1.165, 1.54) is 26.4 Å². The normalized spacial score (nSPS) is 9.67. The number of hydrogen-bond acceptors (Lipinski definition) is 2. The molecule has 0 saturated carbocycles. The molecule has 0 saturated heterocycles. The van der Waals surface area contributed by atoms with Gasteiger partial charge >= 0.3 is 0 Å². The monoisotopic (exact) mass is 233 g/mol.